The fourth-order valence-electron chi connectivity index (χ4n) is 0.287. The second-order valence-corrected chi connectivity index (χ2v) is 7.07. The molecule has 0 rings (SSSR count). The smallest absolute Gasteiger partial charge is 0.316 e. The molecule has 0 aromatic rings. The quantitative estimate of drug-likeness (QED) is 0.631. The molecular weight excluding hydrogens is 182 g/mol. The Bertz CT molecular complexity index is 184. The highest BCUT2D eigenvalue weighted by atomic mass is 32.1. The van der Waals surface area contributed by atoms with E-state index in [1.807, 2.05) is 0 Å². The predicted octanol–water partition coefficient (Wildman–Crippen LogP) is 0.565. The third kappa shape index (κ3) is 1.89. The first-order chi connectivity index (χ1) is 4.37. The average molecular weight is 190 g/mol. The molecule has 0 fully saturated rings. The van der Waals surface area contributed by atoms with Crippen molar-refractivity contribution in [3.63, 3.8) is 0 Å². The maximum absolute atomic E-state index is 10.8. The lowest BCUT2D eigenvalue weighted by Gasteiger charge is -2.13. The Labute approximate surface area is 57.7 Å². The molecule has 0 radical (unpaired) electrons. The Balaban J connectivity index is 4.69. The van der Waals surface area contributed by atoms with Gasteiger partial charge in [-0.3, -0.25) is 0 Å². The summed E-state index contributed by atoms with van der Waals surface area (Å²) in [5.41, 5.74) is 0. The van der Waals surface area contributed by atoms with Crippen molar-refractivity contribution < 1.29 is 28.0 Å². The van der Waals surface area contributed by atoms with E-state index in [-0.39, 0.29) is 0 Å². The fraction of sp³-hybridized carbons (Fsp3) is 1.00. The zero-order chi connectivity index (χ0) is 8.41. The summed E-state index contributed by atoms with van der Waals surface area (Å²) in [6.45, 7) is 0. The van der Waals surface area contributed by atoms with Crippen molar-refractivity contribution in [2.24, 2.45) is 0 Å². The van der Waals surface area contributed by atoms with Crippen molar-refractivity contribution in [3.05, 3.63) is 0 Å². The van der Waals surface area contributed by atoms with E-state index in [2.05, 4.69) is 9.05 Å². The molecule has 10 heavy (non-hydrogen) atoms. The van der Waals surface area contributed by atoms with Gasteiger partial charge in [-0.05, 0) is 0 Å². The lowest BCUT2D eigenvalue weighted by atomic mass is 11.8. The molecule has 0 aliphatic heterocycles. The van der Waals surface area contributed by atoms with Crippen LogP contribution in [0.2, 0.25) is 0 Å². The van der Waals surface area contributed by atoms with E-state index >= 15 is 0 Å². The van der Waals surface area contributed by atoms with Gasteiger partial charge in [0.1, 0.15) is 0 Å². The van der Waals surface area contributed by atoms with E-state index in [1.54, 1.807) is 0 Å². The van der Waals surface area contributed by atoms with E-state index in [0.29, 0.717) is 0 Å². The summed E-state index contributed by atoms with van der Waals surface area (Å²) in [5, 5.41) is 0. The molecule has 0 atom stereocenters. The van der Waals surface area contributed by atoms with Gasteiger partial charge in [-0.2, -0.15) is 0 Å². The standard InChI is InChI=1S/C2H8O6P2/c1-7-10(6,8-2)9(3,4)5/h1-2H3,(H2,3,4,5). The molecule has 0 saturated heterocycles. The van der Waals surface area contributed by atoms with Gasteiger partial charge in [0.25, 0.3) is 0 Å². The van der Waals surface area contributed by atoms with Crippen molar-refractivity contribution in [2.75, 3.05) is 14.2 Å². The molecule has 0 saturated carbocycles. The molecule has 0 unspecified atom stereocenters. The highest BCUT2D eigenvalue weighted by Gasteiger charge is 2.43. The van der Waals surface area contributed by atoms with Crippen molar-refractivity contribution in [3.8, 4) is 0 Å². The van der Waals surface area contributed by atoms with E-state index < -0.39 is 14.6 Å². The molecule has 0 aromatic carbocycles. The van der Waals surface area contributed by atoms with Gasteiger partial charge >= 0.3 is 14.6 Å². The number of hydrogen-bond acceptors (Lipinski definition) is 4. The highest BCUT2D eigenvalue weighted by molar-refractivity contribution is 8.26. The number of rotatable bonds is 3. The minimum absolute atomic E-state index is 0.906. The zero-order valence-electron chi connectivity index (χ0n) is 5.42. The molecule has 8 heteroatoms. The third-order valence-corrected chi connectivity index (χ3v) is 5.24. The molecule has 0 aliphatic rings. The van der Waals surface area contributed by atoms with Crippen LogP contribution >= 0.6 is 14.6 Å². The van der Waals surface area contributed by atoms with Gasteiger partial charge in [0.05, 0.1) is 0 Å². The summed E-state index contributed by atoms with van der Waals surface area (Å²) in [5.74, 6) is 0. The molecule has 0 amide bonds. The van der Waals surface area contributed by atoms with Gasteiger partial charge in [-0.25, -0.2) is 9.13 Å². The Hall–Kier alpha value is 0.300. The lowest BCUT2D eigenvalue weighted by Crippen LogP contribution is -1.88. The van der Waals surface area contributed by atoms with Gasteiger partial charge < -0.3 is 18.8 Å². The summed E-state index contributed by atoms with van der Waals surface area (Å²) < 4.78 is 29.1. The Morgan fingerprint density at radius 1 is 1.10 bits per heavy atom. The maximum Gasteiger partial charge on any atom is 0.440 e. The van der Waals surface area contributed by atoms with Crippen LogP contribution in [0.1, 0.15) is 0 Å². The molecular formula is C2H8O6P2. The summed E-state index contributed by atoms with van der Waals surface area (Å²) >= 11 is 0. The molecule has 0 aromatic heterocycles. The first-order valence-corrected chi connectivity index (χ1v) is 6.01. The Morgan fingerprint density at radius 3 is 1.40 bits per heavy atom. The zero-order valence-corrected chi connectivity index (χ0v) is 7.21. The second kappa shape index (κ2) is 3.13. The van der Waals surface area contributed by atoms with Gasteiger partial charge in [-0.15, -0.1) is 0 Å². The molecule has 0 heterocycles. The molecule has 6 nitrogen and oxygen atoms in total. The van der Waals surface area contributed by atoms with E-state index in [0.717, 1.165) is 14.2 Å². The van der Waals surface area contributed by atoms with Crippen molar-refractivity contribution >= 4 is 14.6 Å². The normalized spacial score (nSPS) is 13.6. The lowest BCUT2D eigenvalue weighted by molar-refractivity contribution is 0.273. The van der Waals surface area contributed by atoms with Crippen LogP contribution in [-0.4, -0.2) is 24.0 Å². The van der Waals surface area contributed by atoms with Crippen LogP contribution in [0, 0.1) is 0 Å². The van der Waals surface area contributed by atoms with E-state index in [4.69, 9.17) is 9.79 Å². The largest absolute Gasteiger partial charge is 0.440 e. The van der Waals surface area contributed by atoms with Crippen LogP contribution in [0.3, 0.4) is 0 Å². The van der Waals surface area contributed by atoms with Crippen LogP contribution in [0.4, 0.5) is 0 Å². The van der Waals surface area contributed by atoms with Crippen LogP contribution < -0.4 is 0 Å². The monoisotopic (exact) mass is 190 g/mol. The van der Waals surface area contributed by atoms with E-state index in [1.165, 1.54) is 0 Å². The minimum atomic E-state index is -4.78. The van der Waals surface area contributed by atoms with Gasteiger partial charge in [-0.1, -0.05) is 0 Å². The van der Waals surface area contributed by atoms with Crippen LogP contribution in [0.5, 0.6) is 0 Å². The molecule has 0 bridgehead atoms. The summed E-state index contributed by atoms with van der Waals surface area (Å²) in [7, 11) is -7.16. The Morgan fingerprint density at radius 2 is 1.40 bits per heavy atom. The van der Waals surface area contributed by atoms with Crippen molar-refractivity contribution in [1.29, 1.82) is 0 Å². The molecule has 0 spiro atoms. The third-order valence-electron chi connectivity index (χ3n) is 0.781. The first kappa shape index (κ1) is 10.3. The summed E-state index contributed by atoms with van der Waals surface area (Å²) in [4.78, 5) is 16.7. The SMILES string of the molecule is COP(=O)(OC)P(=O)(O)O. The summed E-state index contributed by atoms with van der Waals surface area (Å²) in [6, 6.07) is 0. The van der Waals surface area contributed by atoms with Crippen molar-refractivity contribution in [2.45, 2.75) is 0 Å². The average Bonchev–Trinajstić information content (AvgIpc) is 1.84. The fourth-order valence-corrected chi connectivity index (χ4v) is 2.14. The maximum atomic E-state index is 10.8. The van der Waals surface area contributed by atoms with Gasteiger partial charge in [0.2, 0.25) is 0 Å². The molecule has 62 valence electrons. The number of hydrogen-bond donors (Lipinski definition) is 2. The molecule has 2 N–H and O–H groups in total. The van der Waals surface area contributed by atoms with Gasteiger partial charge in [0.15, 0.2) is 0 Å². The topological polar surface area (TPSA) is 93.1 Å². The highest BCUT2D eigenvalue weighted by Crippen LogP contribution is 2.77. The van der Waals surface area contributed by atoms with Crippen LogP contribution in [0.25, 0.3) is 0 Å². The summed E-state index contributed by atoms with van der Waals surface area (Å²) in [6.07, 6.45) is 0. The second-order valence-electron chi connectivity index (χ2n) is 1.35. The first-order valence-electron chi connectivity index (χ1n) is 2.15. The van der Waals surface area contributed by atoms with Crippen LogP contribution in [0.15, 0.2) is 0 Å². The van der Waals surface area contributed by atoms with E-state index in [9.17, 15) is 9.13 Å². The molecule has 0 aliphatic carbocycles. The Kier molecular flexibility index (Phi) is 3.23. The van der Waals surface area contributed by atoms with Gasteiger partial charge in [0, 0.05) is 14.2 Å². The van der Waals surface area contributed by atoms with Crippen molar-refractivity contribution in [1.82, 2.24) is 0 Å². The predicted molar refractivity (Wildman–Crippen MR) is 33.7 cm³/mol. The van der Waals surface area contributed by atoms with Crippen LogP contribution in [-0.2, 0) is 18.2 Å². The minimum Gasteiger partial charge on any atom is -0.316 e.